The molecule has 0 saturated heterocycles. The van der Waals surface area contributed by atoms with Crippen molar-refractivity contribution < 1.29 is 4.74 Å². The maximum absolute atomic E-state index is 5.44. The van der Waals surface area contributed by atoms with Gasteiger partial charge in [0.1, 0.15) is 11.5 Å². The Morgan fingerprint density at radius 2 is 1.94 bits per heavy atom. The van der Waals surface area contributed by atoms with Crippen LogP contribution in [-0.2, 0) is 11.8 Å². The fourth-order valence-corrected chi connectivity index (χ4v) is 2.10. The summed E-state index contributed by atoms with van der Waals surface area (Å²) in [6.45, 7) is 10.6. The van der Waals surface area contributed by atoms with Crippen LogP contribution in [0.25, 0.3) is 11.6 Å². The quantitative estimate of drug-likeness (QED) is 0.776. The molecule has 4 heteroatoms. The molecule has 0 N–H and O–H groups in total. The van der Waals surface area contributed by atoms with Crippen LogP contribution in [0.2, 0.25) is 0 Å². The Bertz CT molecular complexity index is 558. The number of ether oxygens (including phenoxy) is 1. The first-order chi connectivity index (χ1) is 8.54. The molecule has 0 aromatic carbocycles. The van der Waals surface area contributed by atoms with Crippen molar-refractivity contribution in [2.24, 2.45) is 7.05 Å². The third kappa shape index (κ3) is 2.06. The summed E-state index contributed by atoms with van der Waals surface area (Å²) in [4.78, 5) is 0. The topological polar surface area (TPSA) is 32.0 Å². The van der Waals surface area contributed by atoms with Gasteiger partial charge in [0.2, 0.25) is 0 Å². The fourth-order valence-electron chi connectivity index (χ4n) is 2.10. The molecule has 0 atom stereocenters. The number of nitrogens with zero attached hydrogens (tertiary/aromatic N) is 3. The third-order valence-electron chi connectivity index (χ3n) is 2.97. The van der Waals surface area contributed by atoms with Gasteiger partial charge in [0.15, 0.2) is 5.82 Å². The van der Waals surface area contributed by atoms with Crippen molar-refractivity contribution >= 4 is 5.76 Å². The summed E-state index contributed by atoms with van der Waals surface area (Å²) in [5.41, 5.74) is 3.23. The van der Waals surface area contributed by atoms with Crippen molar-refractivity contribution in [3.63, 3.8) is 0 Å². The zero-order valence-corrected chi connectivity index (χ0v) is 11.4. The third-order valence-corrected chi connectivity index (χ3v) is 2.97. The standard InChI is InChI=1S/C14H19N3O/c1-6-18-12(4)13-9-14(15-16(13)5)17-10(2)7-8-11(17)3/h7-9H,4,6H2,1-3,5H3. The van der Waals surface area contributed by atoms with Crippen molar-refractivity contribution in [3.8, 4) is 5.82 Å². The second-order valence-electron chi connectivity index (χ2n) is 4.32. The molecule has 2 rings (SSSR count). The molecule has 0 spiro atoms. The normalized spacial score (nSPS) is 10.7. The molecule has 2 aromatic rings. The maximum Gasteiger partial charge on any atom is 0.159 e. The van der Waals surface area contributed by atoms with E-state index in [1.165, 1.54) is 11.4 Å². The molecule has 0 aliphatic rings. The summed E-state index contributed by atoms with van der Waals surface area (Å²) in [5.74, 6) is 1.55. The van der Waals surface area contributed by atoms with E-state index in [0.717, 1.165) is 11.5 Å². The molecule has 0 amide bonds. The first-order valence-corrected chi connectivity index (χ1v) is 6.06. The molecular weight excluding hydrogens is 226 g/mol. The van der Waals surface area contributed by atoms with Crippen LogP contribution in [0.5, 0.6) is 0 Å². The van der Waals surface area contributed by atoms with Crippen LogP contribution in [0.4, 0.5) is 0 Å². The van der Waals surface area contributed by atoms with E-state index >= 15 is 0 Å². The molecule has 18 heavy (non-hydrogen) atoms. The van der Waals surface area contributed by atoms with Gasteiger partial charge in [0.05, 0.1) is 6.61 Å². The predicted octanol–water partition coefficient (Wildman–Crippen LogP) is 2.83. The van der Waals surface area contributed by atoms with Crippen LogP contribution in [0.1, 0.15) is 24.0 Å². The minimum atomic E-state index is 0.612. The molecular formula is C14H19N3O. The molecule has 96 valence electrons. The average molecular weight is 245 g/mol. The van der Waals surface area contributed by atoms with E-state index in [0.29, 0.717) is 12.4 Å². The van der Waals surface area contributed by atoms with E-state index in [2.05, 4.69) is 42.2 Å². The van der Waals surface area contributed by atoms with Gasteiger partial charge < -0.3 is 9.30 Å². The lowest BCUT2D eigenvalue weighted by Gasteiger charge is -2.05. The minimum Gasteiger partial charge on any atom is -0.492 e. The first-order valence-electron chi connectivity index (χ1n) is 6.06. The highest BCUT2D eigenvalue weighted by molar-refractivity contribution is 5.56. The Morgan fingerprint density at radius 3 is 2.50 bits per heavy atom. The van der Waals surface area contributed by atoms with Crippen molar-refractivity contribution in [3.05, 3.63) is 41.9 Å². The van der Waals surface area contributed by atoms with Gasteiger partial charge >= 0.3 is 0 Å². The Labute approximate surface area is 107 Å². The number of hydrogen-bond donors (Lipinski definition) is 0. The Kier molecular flexibility index (Phi) is 3.28. The minimum absolute atomic E-state index is 0.612. The van der Waals surface area contributed by atoms with Crippen LogP contribution in [0.15, 0.2) is 24.8 Å². The molecule has 0 aliphatic carbocycles. The molecule has 2 heterocycles. The van der Waals surface area contributed by atoms with Crippen LogP contribution >= 0.6 is 0 Å². The molecule has 0 unspecified atom stereocenters. The fraction of sp³-hybridized carbons (Fsp3) is 0.357. The second kappa shape index (κ2) is 4.72. The average Bonchev–Trinajstić information content (AvgIpc) is 2.83. The summed E-state index contributed by atoms with van der Waals surface area (Å²) in [7, 11) is 1.90. The summed E-state index contributed by atoms with van der Waals surface area (Å²) in [6, 6.07) is 6.17. The van der Waals surface area contributed by atoms with Crippen LogP contribution in [-0.4, -0.2) is 21.0 Å². The van der Waals surface area contributed by atoms with Crippen molar-refractivity contribution in [2.45, 2.75) is 20.8 Å². The van der Waals surface area contributed by atoms with E-state index in [1.54, 1.807) is 4.68 Å². The highest BCUT2D eigenvalue weighted by Crippen LogP contribution is 2.20. The van der Waals surface area contributed by atoms with E-state index in [-0.39, 0.29) is 0 Å². The highest BCUT2D eigenvalue weighted by atomic mass is 16.5. The van der Waals surface area contributed by atoms with E-state index in [4.69, 9.17) is 4.74 Å². The molecule has 0 fully saturated rings. The lowest BCUT2D eigenvalue weighted by atomic mass is 10.3. The Balaban J connectivity index is 2.43. The highest BCUT2D eigenvalue weighted by Gasteiger charge is 2.12. The van der Waals surface area contributed by atoms with Gasteiger partial charge in [-0.25, -0.2) is 0 Å². The smallest absolute Gasteiger partial charge is 0.159 e. The molecule has 0 radical (unpaired) electrons. The number of rotatable bonds is 4. The monoisotopic (exact) mass is 245 g/mol. The summed E-state index contributed by atoms with van der Waals surface area (Å²) >= 11 is 0. The number of aromatic nitrogens is 3. The Morgan fingerprint density at radius 1 is 1.33 bits per heavy atom. The van der Waals surface area contributed by atoms with Gasteiger partial charge in [-0.05, 0) is 32.9 Å². The molecule has 4 nitrogen and oxygen atoms in total. The van der Waals surface area contributed by atoms with Gasteiger partial charge in [0.25, 0.3) is 0 Å². The molecule has 0 bridgehead atoms. The summed E-state index contributed by atoms with van der Waals surface area (Å²) in [6.07, 6.45) is 0. The summed E-state index contributed by atoms with van der Waals surface area (Å²) in [5, 5.41) is 4.52. The van der Waals surface area contributed by atoms with Crippen molar-refractivity contribution in [1.29, 1.82) is 0 Å². The largest absolute Gasteiger partial charge is 0.492 e. The molecule has 2 aromatic heterocycles. The van der Waals surface area contributed by atoms with Crippen LogP contribution in [0.3, 0.4) is 0 Å². The van der Waals surface area contributed by atoms with Crippen LogP contribution in [0, 0.1) is 13.8 Å². The first kappa shape index (κ1) is 12.5. The lowest BCUT2D eigenvalue weighted by Crippen LogP contribution is -2.01. The molecule has 0 aliphatic heterocycles. The van der Waals surface area contributed by atoms with Gasteiger partial charge in [-0.3, -0.25) is 4.68 Å². The number of aryl methyl sites for hydroxylation is 3. The van der Waals surface area contributed by atoms with E-state index < -0.39 is 0 Å². The van der Waals surface area contributed by atoms with Gasteiger partial charge in [-0.2, -0.15) is 5.10 Å². The Hall–Kier alpha value is -1.97. The van der Waals surface area contributed by atoms with Crippen molar-refractivity contribution in [2.75, 3.05) is 6.61 Å². The van der Waals surface area contributed by atoms with Gasteiger partial charge in [-0.15, -0.1) is 0 Å². The zero-order valence-electron chi connectivity index (χ0n) is 11.4. The van der Waals surface area contributed by atoms with Crippen LogP contribution < -0.4 is 0 Å². The zero-order chi connectivity index (χ0) is 13.3. The second-order valence-corrected chi connectivity index (χ2v) is 4.32. The maximum atomic E-state index is 5.44. The van der Waals surface area contributed by atoms with Gasteiger partial charge in [-0.1, -0.05) is 6.58 Å². The molecule has 0 saturated carbocycles. The SMILES string of the molecule is C=C(OCC)c1cc(-n2c(C)ccc2C)nn1C. The summed E-state index contributed by atoms with van der Waals surface area (Å²) < 4.78 is 9.35. The van der Waals surface area contributed by atoms with E-state index in [1.807, 2.05) is 20.0 Å². The van der Waals surface area contributed by atoms with Gasteiger partial charge in [0, 0.05) is 24.5 Å². The predicted molar refractivity (Wildman–Crippen MR) is 72.7 cm³/mol. The number of hydrogen-bond acceptors (Lipinski definition) is 2. The van der Waals surface area contributed by atoms with Crippen molar-refractivity contribution in [1.82, 2.24) is 14.3 Å². The lowest BCUT2D eigenvalue weighted by molar-refractivity contribution is 0.296. The van der Waals surface area contributed by atoms with E-state index in [9.17, 15) is 0 Å².